The van der Waals surface area contributed by atoms with E-state index in [9.17, 15) is 10.2 Å². The Morgan fingerprint density at radius 3 is 2.40 bits per heavy atom. The second kappa shape index (κ2) is 6.56. The minimum atomic E-state index is -0.818. The van der Waals surface area contributed by atoms with Crippen LogP contribution in [-0.2, 0) is 5.11 Å². The molecule has 0 amide bonds. The highest BCUT2D eigenvalue weighted by molar-refractivity contribution is 5.19. The van der Waals surface area contributed by atoms with Crippen molar-refractivity contribution in [3.8, 4) is 0 Å². The summed E-state index contributed by atoms with van der Waals surface area (Å²) in [4.78, 5) is 0. The number of hydrogen-bond donors (Lipinski definition) is 2. The van der Waals surface area contributed by atoms with Crippen molar-refractivity contribution in [1.82, 2.24) is 0 Å². The molecular formula is C12H17O3. The molecule has 0 aromatic heterocycles. The zero-order chi connectivity index (χ0) is 11.1. The van der Waals surface area contributed by atoms with Gasteiger partial charge in [-0.1, -0.05) is 30.3 Å². The molecule has 0 saturated heterocycles. The van der Waals surface area contributed by atoms with Crippen molar-refractivity contribution in [2.45, 2.75) is 24.9 Å². The van der Waals surface area contributed by atoms with E-state index >= 15 is 0 Å². The van der Waals surface area contributed by atoms with Gasteiger partial charge in [0, 0.05) is 6.61 Å². The molecule has 0 heterocycles. The number of aliphatic hydroxyl groups excluding tert-OH is 2. The van der Waals surface area contributed by atoms with Gasteiger partial charge in [0.05, 0.1) is 6.10 Å². The molecule has 0 fully saturated rings. The molecule has 0 bridgehead atoms. The Morgan fingerprint density at radius 2 is 1.87 bits per heavy atom. The Kier molecular flexibility index (Phi) is 5.32. The minimum absolute atomic E-state index is 0.0696. The Hall–Kier alpha value is -0.900. The quantitative estimate of drug-likeness (QED) is 0.742. The van der Waals surface area contributed by atoms with Crippen LogP contribution in [0.1, 0.15) is 24.3 Å². The van der Waals surface area contributed by atoms with Crippen LogP contribution in [0.2, 0.25) is 0 Å². The summed E-state index contributed by atoms with van der Waals surface area (Å²) in [7, 11) is 0. The molecule has 1 aromatic rings. The number of aliphatic hydroxyl groups is 2. The van der Waals surface area contributed by atoms with E-state index in [1.165, 1.54) is 0 Å². The first-order valence-corrected chi connectivity index (χ1v) is 5.20. The van der Waals surface area contributed by atoms with E-state index in [1.54, 1.807) is 0 Å². The fourth-order valence-corrected chi connectivity index (χ4v) is 1.70. The minimum Gasteiger partial charge on any atom is -0.396 e. The monoisotopic (exact) mass is 209 g/mol. The van der Waals surface area contributed by atoms with Crippen LogP contribution in [0.5, 0.6) is 0 Å². The van der Waals surface area contributed by atoms with E-state index in [0.29, 0.717) is 12.8 Å². The van der Waals surface area contributed by atoms with Gasteiger partial charge < -0.3 is 10.2 Å². The molecule has 83 valence electrons. The molecule has 1 rings (SSSR count). The van der Waals surface area contributed by atoms with Crippen LogP contribution >= 0.6 is 0 Å². The molecule has 0 aliphatic heterocycles. The fourth-order valence-electron chi connectivity index (χ4n) is 1.70. The van der Waals surface area contributed by atoms with Gasteiger partial charge in [-0.15, -0.1) is 0 Å². The summed E-state index contributed by atoms with van der Waals surface area (Å²) in [5, 5.41) is 28.7. The van der Waals surface area contributed by atoms with Gasteiger partial charge in [-0.05, 0) is 24.3 Å². The predicted octanol–water partition coefficient (Wildman–Crippen LogP) is 1.33. The number of benzene rings is 1. The standard InChI is InChI=1S/C12H17O3/c13-7-6-11(8-12(15)9-14)10-4-2-1-3-5-10/h1-5,11-13,15H,6-9H2. The van der Waals surface area contributed by atoms with Crippen LogP contribution in [0.3, 0.4) is 0 Å². The van der Waals surface area contributed by atoms with E-state index in [4.69, 9.17) is 5.11 Å². The lowest BCUT2D eigenvalue weighted by atomic mass is 9.91. The lowest BCUT2D eigenvalue weighted by molar-refractivity contribution is 0.0438. The Labute approximate surface area is 90.0 Å². The molecule has 1 radical (unpaired) electrons. The highest BCUT2D eigenvalue weighted by Gasteiger charge is 2.15. The van der Waals surface area contributed by atoms with Gasteiger partial charge in [0.2, 0.25) is 0 Å². The normalized spacial score (nSPS) is 14.9. The largest absolute Gasteiger partial charge is 0.396 e. The van der Waals surface area contributed by atoms with E-state index in [-0.39, 0.29) is 12.5 Å². The Bertz CT molecular complexity index is 261. The molecule has 2 N–H and O–H groups in total. The number of rotatable bonds is 6. The lowest BCUT2D eigenvalue weighted by Crippen LogP contribution is -2.16. The van der Waals surface area contributed by atoms with E-state index in [0.717, 1.165) is 5.56 Å². The van der Waals surface area contributed by atoms with Gasteiger partial charge in [0.15, 0.2) is 0 Å². The van der Waals surface area contributed by atoms with Gasteiger partial charge in [-0.3, -0.25) is 0 Å². The zero-order valence-corrected chi connectivity index (χ0v) is 8.67. The summed E-state index contributed by atoms with van der Waals surface area (Å²) in [6, 6.07) is 9.67. The van der Waals surface area contributed by atoms with E-state index in [2.05, 4.69) is 0 Å². The Balaban J connectivity index is 2.65. The zero-order valence-electron chi connectivity index (χ0n) is 8.67. The molecule has 3 nitrogen and oxygen atoms in total. The molecule has 2 atom stereocenters. The van der Waals surface area contributed by atoms with Crippen LogP contribution in [0.25, 0.3) is 0 Å². The smallest absolute Gasteiger partial charge is 0.108 e. The first kappa shape index (κ1) is 12.2. The van der Waals surface area contributed by atoms with Crippen molar-refractivity contribution in [2.24, 2.45) is 0 Å². The highest BCUT2D eigenvalue weighted by atomic mass is 16.3. The van der Waals surface area contributed by atoms with Crippen LogP contribution < -0.4 is 0 Å². The number of hydrogen-bond acceptors (Lipinski definition) is 2. The maximum absolute atomic E-state index is 10.5. The van der Waals surface area contributed by atoms with E-state index in [1.807, 2.05) is 30.3 Å². The van der Waals surface area contributed by atoms with E-state index < -0.39 is 12.7 Å². The van der Waals surface area contributed by atoms with Crippen molar-refractivity contribution in [3.63, 3.8) is 0 Å². The molecule has 3 heteroatoms. The van der Waals surface area contributed by atoms with Crippen molar-refractivity contribution < 1.29 is 15.3 Å². The SMILES string of the molecule is [O]CC(O)CC(CCO)c1ccccc1. The molecule has 15 heavy (non-hydrogen) atoms. The van der Waals surface area contributed by atoms with Crippen molar-refractivity contribution in [2.75, 3.05) is 13.2 Å². The van der Waals surface area contributed by atoms with Crippen molar-refractivity contribution in [1.29, 1.82) is 0 Å². The highest BCUT2D eigenvalue weighted by Crippen LogP contribution is 2.24. The van der Waals surface area contributed by atoms with Gasteiger partial charge >= 0.3 is 0 Å². The molecule has 2 unspecified atom stereocenters. The third kappa shape index (κ3) is 4.00. The van der Waals surface area contributed by atoms with Gasteiger partial charge in [-0.25, -0.2) is 5.11 Å². The van der Waals surface area contributed by atoms with Crippen LogP contribution in [0.15, 0.2) is 30.3 Å². The Morgan fingerprint density at radius 1 is 1.20 bits per heavy atom. The first-order chi connectivity index (χ1) is 7.27. The summed E-state index contributed by atoms with van der Waals surface area (Å²) in [6.07, 6.45) is 0.191. The van der Waals surface area contributed by atoms with Gasteiger partial charge in [0.1, 0.15) is 6.61 Å². The van der Waals surface area contributed by atoms with Crippen molar-refractivity contribution in [3.05, 3.63) is 35.9 Å². The molecular weight excluding hydrogens is 192 g/mol. The summed E-state index contributed by atoms with van der Waals surface area (Å²) in [6.45, 7) is -0.403. The second-order valence-electron chi connectivity index (χ2n) is 3.68. The van der Waals surface area contributed by atoms with Crippen LogP contribution in [0.4, 0.5) is 0 Å². The molecule has 0 aliphatic carbocycles. The van der Waals surface area contributed by atoms with Gasteiger partial charge in [-0.2, -0.15) is 0 Å². The maximum Gasteiger partial charge on any atom is 0.108 e. The topological polar surface area (TPSA) is 60.4 Å². The fraction of sp³-hybridized carbons (Fsp3) is 0.500. The third-order valence-electron chi connectivity index (χ3n) is 2.50. The molecule has 0 spiro atoms. The first-order valence-electron chi connectivity index (χ1n) is 5.20. The average Bonchev–Trinajstić information content (AvgIpc) is 2.29. The summed E-state index contributed by atoms with van der Waals surface area (Å²) < 4.78 is 0. The molecule has 0 aliphatic rings. The van der Waals surface area contributed by atoms with Crippen LogP contribution in [0, 0.1) is 0 Å². The maximum atomic E-state index is 10.5. The second-order valence-corrected chi connectivity index (χ2v) is 3.68. The summed E-state index contributed by atoms with van der Waals surface area (Å²) in [5.74, 6) is 0.0696. The lowest BCUT2D eigenvalue weighted by Gasteiger charge is -2.18. The molecule has 1 aromatic carbocycles. The molecule has 0 saturated carbocycles. The summed E-state index contributed by atoms with van der Waals surface area (Å²) >= 11 is 0. The predicted molar refractivity (Wildman–Crippen MR) is 57.1 cm³/mol. The summed E-state index contributed by atoms with van der Waals surface area (Å²) in [5.41, 5.74) is 1.07. The van der Waals surface area contributed by atoms with Gasteiger partial charge in [0.25, 0.3) is 0 Å². The average molecular weight is 209 g/mol. The van der Waals surface area contributed by atoms with Crippen LogP contribution in [-0.4, -0.2) is 29.5 Å². The third-order valence-corrected chi connectivity index (χ3v) is 2.50. The van der Waals surface area contributed by atoms with Crippen molar-refractivity contribution >= 4 is 0 Å².